The standard InChI is InChI=1S/C15H24N2O2/c1-11(2)5-4-8-19-10-14-7-6-13(9-12(14)3)15(16)17-18/h6-7,9,11,18H,4-5,8,10H2,1-3H3,(H2,16,17). The topological polar surface area (TPSA) is 67.8 Å². The van der Waals surface area contributed by atoms with Crippen molar-refractivity contribution in [3.8, 4) is 0 Å². The Morgan fingerprint density at radius 2 is 2.16 bits per heavy atom. The van der Waals surface area contributed by atoms with Gasteiger partial charge in [-0.05, 0) is 42.9 Å². The summed E-state index contributed by atoms with van der Waals surface area (Å²) in [5.74, 6) is 0.859. The fraction of sp³-hybridized carbons (Fsp3) is 0.533. The van der Waals surface area contributed by atoms with Gasteiger partial charge in [-0.2, -0.15) is 0 Å². The molecule has 4 heteroatoms. The van der Waals surface area contributed by atoms with Gasteiger partial charge < -0.3 is 15.7 Å². The van der Waals surface area contributed by atoms with E-state index in [-0.39, 0.29) is 5.84 Å². The summed E-state index contributed by atoms with van der Waals surface area (Å²) < 4.78 is 5.67. The number of nitrogens with zero attached hydrogens (tertiary/aromatic N) is 1. The minimum Gasteiger partial charge on any atom is -0.409 e. The molecule has 19 heavy (non-hydrogen) atoms. The Morgan fingerprint density at radius 3 is 2.74 bits per heavy atom. The van der Waals surface area contributed by atoms with Crippen LogP contribution in [0.15, 0.2) is 23.4 Å². The first-order chi connectivity index (χ1) is 9.04. The molecular weight excluding hydrogens is 240 g/mol. The third kappa shape index (κ3) is 5.30. The van der Waals surface area contributed by atoms with Crippen LogP contribution in [-0.2, 0) is 11.3 Å². The van der Waals surface area contributed by atoms with Crippen LogP contribution in [0.2, 0.25) is 0 Å². The minimum absolute atomic E-state index is 0.132. The zero-order valence-electron chi connectivity index (χ0n) is 12.0. The van der Waals surface area contributed by atoms with Crippen molar-refractivity contribution in [1.29, 1.82) is 0 Å². The summed E-state index contributed by atoms with van der Waals surface area (Å²) >= 11 is 0. The highest BCUT2D eigenvalue weighted by atomic mass is 16.5. The molecule has 0 fully saturated rings. The van der Waals surface area contributed by atoms with E-state index in [1.165, 1.54) is 6.42 Å². The fourth-order valence-electron chi connectivity index (χ4n) is 1.85. The van der Waals surface area contributed by atoms with Gasteiger partial charge in [0.2, 0.25) is 0 Å². The van der Waals surface area contributed by atoms with Crippen molar-refractivity contribution >= 4 is 5.84 Å². The molecule has 4 nitrogen and oxygen atoms in total. The second-order valence-corrected chi connectivity index (χ2v) is 5.22. The molecule has 1 aromatic carbocycles. The molecule has 0 atom stereocenters. The van der Waals surface area contributed by atoms with E-state index in [9.17, 15) is 0 Å². The molecule has 0 saturated heterocycles. The summed E-state index contributed by atoms with van der Waals surface area (Å²) in [5, 5.41) is 11.6. The number of hydrogen-bond donors (Lipinski definition) is 2. The van der Waals surface area contributed by atoms with Gasteiger partial charge >= 0.3 is 0 Å². The van der Waals surface area contributed by atoms with Crippen LogP contribution in [-0.4, -0.2) is 17.6 Å². The zero-order valence-corrected chi connectivity index (χ0v) is 12.0. The van der Waals surface area contributed by atoms with E-state index in [1.54, 1.807) is 0 Å². The Balaban J connectivity index is 2.47. The Hall–Kier alpha value is -1.55. The second kappa shape index (κ2) is 7.79. The van der Waals surface area contributed by atoms with Crippen LogP contribution in [0.25, 0.3) is 0 Å². The van der Waals surface area contributed by atoms with Gasteiger partial charge in [0.15, 0.2) is 5.84 Å². The van der Waals surface area contributed by atoms with E-state index in [0.717, 1.165) is 35.6 Å². The van der Waals surface area contributed by atoms with Crippen LogP contribution in [0.4, 0.5) is 0 Å². The predicted molar refractivity (Wildman–Crippen MR) is 77.4 cm³/mol. The molecule has 1 aromatic rings. The molecular formula is C15H24N2O2. The third-order valence-electron chi connectivity index (χ3n) is 3.07. The number of ether oxygens (including phenoxy) is 1. The number of hydrogen-bond acceptors (Lipinski definition) is 3. The maximum atomic E-state index is 8.63. The summed E-state index contributed by atoms with van der Waals surface area (Å²) in [5.41, 5.74) is 8.50. The Kier molecular flexibility index (Phi) is 6.36. The van der Waals surface area contributed by atoms with Crippen LogP contribution >= 0.6 is 0 Å². The number of amidine groups is 1. The molecule has 0 aliphatic rings. The second-order valence-electron chi connectivity index (χ2n) is 5.22. The SMILES string of the molecule is Cc1cc(/C(N)=N/O)ccc1COCCCC(C)C. The van der Waals surface area contributed by atoms with E-state index < -0.39 is 0 Å². The van der Waals surface area contributed by atoms with Crippen molar-refractivity contribution in [2.45, 2.75) is 40.2 Å². The molecule has 0 aliphatic carbocycles. The maximum Gasteiger partial charge on any atom is 0.170 e. The molecule has 0 unspecified atom stereocenters. The van der Waals surface area contributed by atoms with Crippen molar-refractivity contribution < 1.29 is 9.94 Å². The van der Waals surface area contributed by atoms with Gasteiger partial charge in [0.25, 0.3) is 0 Å². The van der Waals surface area contributed by atoms with Crippen LogP contribution in [0.1, 0.15) is 43.4 Å². The number of oxime groups is 1. The Morgan fingerprint density at radius 1 is 1.42 bits per heavy atom. The molecule has 0 radical (unpaired) electrons. The summed E-state index contributed by atoms with van der Waals surface area (Å²) in [4.78, 5) is 0. The number of benzene rings is 1. The highest BCUT2D eigenvalue weighted by Crippen LogP contribution is 2.13. The van der Waals surface area contributed by atoms with Gasteiger partial charge in [0.05, 0.1) is 6.61 Å². The zero-order chi connectivity index (χ0) is 14.3. The molecule has 0 spiro atoms. The maximum absolute atomic E-state index is 8.63. The van der Waals surface area contributed by atoms with Crippen molar-refractivity contribution in [2.75, 3.05) is 6.61 Å². The van der Waals surface area contributed by atoms with Gasteiger partial charge in [-0.25, -0.2) is 0 Å². The molecule has 106 valence electrons. The number of aryl methyl sites for hydroxylation is 1. The lowest BCUT2D eigenvalue weighted by atomic mass is 10.1. The first-order valence-corrected chi connectivity index (χ1v) is 6.69. The summed E-state index contributed by atoms with van der Waals surface area (Å²) in [6.07, 6.45) is 2.29. The van der Waals surface area contributed by atoms with E-state index in [1.807, 2.05) is 25.1 Å². The van der Waals surface area contributed by atoms with Crippen LogP contribution in [0.5, 0.6) is 0 Å². The first kappa shape index (κ1) is 15.5. The smallest absolute Gasteiger partial charge is 0.170 e. The molecule has 0 saturated carbocycles. The van der Waals surface area contributed by atoms with Gasteiger partial charge in [-0.1, -0.05) is 31.1 Å². The van der Waals surface area contributed by atoms with Crippen LogP contribution < -0.4 is 5.73 Å². The molecule has 0 bridgehead atoms. The molecule has 1 rings (SSSR count). The Labute approximate surface area is 115 Å². The van der Waals surface area contributed by atoms with Gasteiger partial charge in [-0.15, -0.1) is 0 Å². The highest BCUT2D eigenvalue weighted by Gasteiger charge is 2.04. The van der Waals surface area contributed by atoms with Crippen molar-refractivity contribution in [2.24, 2.45) is 16.8 Å². The largest absolute Gasteiger partial charge is 0.409 e. The van der Waals surface area contributed by atoms with Crippen molar-refractivity contribution in [3.63, 3.8) is 0 Å². The molecule has 0 heterocycles. The number of rotatable bonds is 7. The molecule has 0 aromatic heterocycles. The van der Waals surface area contributed by atoms with Crippen molar-refractivity contribution in [1.82, 2.24) is 0 Å². The first-order valence-electron chi connectivity index (χ1n) is 6.69. The summed E-state index contributed by atoms with van der Waals surface area (Å²) in [7, 11) is 0. The van der Waals surface area contributed by atoms with E-state index in [0.29, 0.717) is 6.61 Å². The fourth-order valence-corrected chi connectivity index (χ4v) is 1.85. The molecule has 0 aliphatic heterocycles. The normalized spacial score (nSPS) is 12.1. The number of nitrogens with two attached hydrogens (primary N) is 1. The molecule has 0 amide bonds. The average molecular weight is 264 g/mol. The summed E-state index contributed by atoms with van der Waals surface area (Å²) in [6.45, 7) is 7.84. The van der Waals surface area contributed by atoms with Crippen molar-refractivity contribution in [3.05, 3.63) is 34.9 Å². The monoisotopic (exact) mass is 264 g/mol. The lowest BCUT2D eigenvalue weighted by Crippen LogP contribution is -2.13. The van der Waals surface area contributed by atoms with Gasteiger partial charge in [0.1, 0.15) is 0 Å². The quantitative estimate of drug-likeness (QED) is 0.261. The summed E-state index contributed by atoms with van der Waals surface area (Å²) in [6, 6.07) is 5.71. The van der Waals surface area contributed by atoms with Crippen LogP contribution in [0, 0.1) is 12.8 Å². The van der Waals surface area contributed by atoms with Gasteiger partial charge in [-0.3, -0.25) is 0 Å². The lowest BCUT2D eigenvalue weighted by molar-refractivity contribution is 0.114. The minimum atomic E-state index is 0.132. The van der Waals surface area contributed by atoms with E-state index in [2.05, 4.69) is 19.0 Å². The lowest BCUT2D eigenvalue weighted by Gasteiger charge is -2.09. The van der Waals surface area contributed by atoms with E-state index >= 15 is 0 Å². The molecule has 3 N–H and O–H groups in total. The third-order valence-corrected chi connectivity index (χ3v) is 3.07. The Bertz CT molecular complexity index is 428. The van der Waals surface area contributed by atoms with Gasteiger partial charge in [0, 0.05) is 12.2 Å². The van der Waals surface area contributed by atoms with E-state index in [4.69, 9.17) is 15.7 Å². The predicted octanol–water partition coefficient (Wildman–Crippen LogP) is 3.04. The highest BCUT2D eigenvalue weighted by molar-refractivity contribution is 5.97. The van der Waals surface area contributed by atoms with Crippen LogP contribution in [0.3, 0.4) is 0 Å². The average Bonchev–Trinajstić information content (AvgIpc) is 2.38.